The number of carbonyl (C=O) groups excluding carboxylic acids is 3. The molecule has 1 aromatic rings. The van der Waals surface area contributed by atoms with Gasteiger partial charge in [-0.15, -0.1) is 0 Å². The van der Waals surface area contributed by atoms with Gasteiger partial charge in [0.1, 0.15) is 19.3 Å². The number of aromatic hydroxyl groups is 2. The van der Waals surface area contributed by atoms with Gasteiger partial charge in [0.25, 0.3) is 5.91 Å². The summed E-state index contributed by atoms with van der Waals surface area (Å²) in [4.78, 5) is 40.1. The smallest absolute Gasteiger partial charge is 0.328 e. The van der Waals surface area contributed by atoms with E-state index in [1.54, 1.807) is 0 Å². The number of rotatable bonds is 22. The second kappa shape index (κ2) is 23.2. The summed E-state index contributed by atoms with van der Waals surface area (Å²) >= 11 is 0. The van der Waals surface area contributed by atoms with E-state index in [4.69, 9.17) is 14.2 Å². The molecule has 1 unspecified atom stereocenters. The molecule has 1 heterocycles. The van der Waals surface area contributed by atoms with E-state index < -0.39 is 23.9 Å². The van der Waals surface area contributed by atoms with Gasteiger partial charge >= 0.3 is 11.9 Å². The fraction of sp³-hybridized carbons (Fsp3) is 0.523. The van der Waals surface area contributed by atoms with Crippen LogP contribution in [0.5, 0.6) is 17.2 Å². The topological polar surface area (TPSA) is 123 Å². The van der Waals surface area contributed by atoms with E-state index in [0.29, 0.717) is 0 Å². The first kappa shape index (κ1) is 44.6. The predicted octanol–water partition coefficient (Wildman–Crippen LogP) is 10.1. The highest BCUT2D eigenvalue weighted by molar-refractivity contribution is 6.02. The average molecular weight is 734 g/mol. The molecule has 2 N–H and O–H groups in total. The Hall–Kier alpha value is -4.53. The molecule has 1 atom stereocenters. The Kier molecular flexibility index (Phi) is 19.5. The molecule has 0 aliphatic carbocycles. The van der Waals surface area contributed by atoms with Gasteiger partial charge in [-0.3, -0.25) is 9.59 Å². The molecule has 0 fully saturated rings. The quantitative estimate of drug-likeness (QED) is 0.0892. The molecule has 53 heavy (non-hydrogen) atoms. The molecule has 1 aromatic carbocycles. The third kappa shape index (κ3) is 15.9. The summed E-state index contributed by atoms with van der Waals surface area (Å²) in [6.45, 7) is 16.8. The number of nitrogens with zero attached hydrogens (tertiary/aromatic N) is 1. The number of methoxy groups -OCH3 is 1. The molecule has 1 amide bonds. The van der Waals surface area contributed by atoms with E-state index >= 15 is 0 Å². The fourth-order valence-corrected chi connectivity index (χ4v) is 5.90. The first-order valence-electron chi connectivity index (χ1n) is 18.8. The van der Waals surface area contributed by atoms with Crippen molar-refractivity contribution >= 4 is 17.8 Å². The Morgan fingerprint density at radius 1 is 0.736 bits per heavy atom. The van der Waals surface area contributed by atoms with Crippen LogP contribution in [-0.4, -0.2) is 59.3 Å². The minimum Gasteiger partial charge on any atom is -0.504 e. The van der Waals surface area contributed by atoms with E-state index in [-0.39, 0.29) is 61.0 Å². The summed E-state index contributed by atoms with van der Waals surface area (Å²) in [5.74, 6) is -2.66. The van der Waals surface area contributed by atoms with Crippen molar-refractivity contribution < 1.29 is 38.8 Å². The number of hydrogen-bond acceptors (Lipinski definition) is 8. The molecule has 0 radical (unpaired) electrons. The molecule has 0 aromatic heterocycles. The van der Waals surface area contributed by atoms with E-state index in [0.717, 1.165) is 62.5 Å². The van der Waals surface area contributed by atoms with Crippen LogP contribution in [0.4, 0.5) is 0 Å². The molecule has 0 spiro atoms. The van der Waals surface area contributed by atoms with E-state index in [1.807, 2.05) is 26.0 Å². The first-order chi connectivity index (χ1) is 25.1. The van der Waals surface area contributed by atoms with Crippen LogP contribution < -0.4 is 4.74 Å². The molecular formula is C44H63NO8. The number of benzene rings is 1. The third-order valence-electron chi connectivity index (χ3n) is 9.21. The summed E-state index contributed by atoms with van der Waals surface area (Å²) < 4.78 is 16.1. The number of phenols is 2. The highest BCUT2D eigenvalue weighted by Crippen LogP contribution is 2.44. The maximum Gasteiger partial charge on any atom is 0.328 e. The number of esters is 2. The minimum absolute atomic E-state index is 0.0326. The van der Waals surface area contributed by atoms with Gasteiger partial charge in [0.05, 0.1) is 19.2 Å². The van der Waals surface area contributed by atoms with Crippen LogP contribution in [0.15, 0.2) is 76.0 Å². The number of ether oxygens (including phenoxy) is 3. The minimum atomic E-state index is -1.10. The van der Waals surface area contributed by atoms with Gasteiger partial charge < -0.3 is 29.3 Å². The SMILES string of the molecule is COC(=O)C(CCC(=O)OCC=C(C)CCC=C(C)CCC=C(C)C)N1Cc2c(cc(O)c(OCC=C(C)CCC=C(C)CCC=C(C)C)c2O)C1=O. The number of hydrogen-bond donors (Lipinski definition) is 2. The monoisotopic (exact) mass is 733 g/mol. The summed E-state index contributed by atoms with van der Waals surface area (Å²) in [5, 5.41) is 21.8. The Morgan fingerprint density at radius 2 is 1.23 bits per heavy atom. The van der Waals surface area contributed by atoms with Gasteiger partial charge in [0.15, 0.2) is 11.5 Å². The lowest BCUT2D eigenvalue weighted by Gasteiger charge is -2.25. The van der Waals surface area contributed by atoms with Crippen molar-refractivity contribution in [1.29, 1.82) is 0 Å². The molecule has 0 saturated heterocycles. The number of fused-ring (bicyclic) bond motifs is 1. The van der Waals surface area contributed by atoms with Crippen molar-refractivity contribution in [2.75, 3.05) is 20.3 Å². The second-order valence-electron chi connectivity index (χ2n) is 14.5. The zero-order chi connectivity index (χ0) is 39.5. The van der Waals surface area contributed by atoms with Crippen molar-refractivity contribution in [1.82, 2.24) is 4.90 Å². The normalized spacial score (nSPS) is 14.1. The Balaban J connectivity index is 1.95. The fourth-order valence-electron chi connectivity index (χ4n) is 5.90. The standard InChI is InChI=1S/C44H63NO8/c1-30(2)14-10-16-32(5)18-12-20-34(7)24-26-52-40(47)23-22-38(44(50)51-9)45-29-37-36(43(45)49)28-39(46)42(41(37)48)53-27-25-35(8)21-13-19-33(6)17-11-15-31(3)4/h14-15,18-19,24-25,28,38,46,48H,10-13,16-17,20-23,26-27,29H2,1-9H3. The third-order valence-corrected chi connectivity index (χ3v) is 9.21. The highest BCUT2D eigenvalue weighted by Gasteiger charge is 2.40. The Labute approximate surface area is 317 Å². The largest absolute Gasteiger partial charge is 0.504 e. The van der Waals surface area contributed by atoms with Gasteiger partial charge in [-0.25, -0.2) is 4.79 Å². The lowest BCUT2D eigenvalue weighted by Crippen LogP contribution is -2.42. The van der Waals surface area contributed by atoms with Crippen molar-refractivity contribution in [3.8, 4) is 17.2 Å². The molecule has 9 nitrogen and oxygen atoms in total. The zero-order valence-corrected chi connectivity index (χ0v) is 33.6. The molecule has 0 bridgehead atoms. The molecule has 292 valence electrons. The van der Waals surface area contributed by atoms with E-state index in [1.165, 1.54) is 40.4 Å². The van der Waals surface area contributed by atoms with E-state index in [9.17, 15) is 24.6 Å². The predicted molar refractivity (Wildman–Crippen MR) is 212 cm³/mol. The van der Waals surface area contributed by atoms with Crippen molar-refractivity contribution in [2.45, 2.75) is 132 Å². The summed E-state index contributed by atoms with van der Waals surface area (Å²) in [7, 11) is 1.21. The van der Waals surface area contributed by atoms with Crippen LogP contribution in [0.25, 0.3) is 0 Å². The van der Waals surface area contributed by atoms with Gasteiger partial charge in [-0.1, -0.05) is 57.7 Å². The zero-order valence-electron chi connectivity index (χ0n) is 33.6. The molecule has 1 aliphatic rings. The van der Waals surface area contributed by atoms with Crippen LogP contribution in [0.1, 0.15) is 136 Å². The highest BCUT2D eigenvalue weighted by atomic mass is 16.5. The number of carbonyl (C=O) groups is 3. The number of amides is 1. The summed E-state index contributed by atoms with van der Waals surface area (Å²) in [6, 6.07) is 0.142. The molecular weight excluding hydrogens is 670 g/mol. The second-order valence-corrected chi connectivity index (χ2v) is 14.5. The number of phenolic OH excluding ortho intramolecular Hbond substituents is 2. The van der Waals surface area contributed by atoms with Crippen LogP contribution in [0.3, 0.4) is 0 Å². The number of allylic oxidation sites excluding steroid dienone is 10. The maximum absolute atomic E-state index is 13.4. The van der Waals surface area contributed by atoms with Crippen molar-refractivity contribution in [2.24, 2.45) is 0 Å². The summed E-state index contributed by atoms with van der Waals surface area (Å²) in [5.41, 5.74) is 7.87. The van der Waals surface area contributed by atoms with Crippen LogP contribution in [0, 0.1) is 0 Å². The maximum atomic E-state index is 13.4. The average Bonchev–Trinajstić information content (AvgIpc) is 3.41. The van der Waals surface area contributed by atoms with Crippen molar-refractivity contribution in [3.63, 3.8) is 0 Å². The summed E-state index contributed by atoms with van der Waals surface area (Å²) in [6.07, 6.45) is 20.3. The van der Waals surface area contributed by atoms with Gasteiger partial charge in [-0.05, 0) is 131 Å². The molecule has 1 aliphatic heterocycles. The Bertz CT molecular complexity index is 1600. The molecule has 9 heteroatoms. The van der Waals surface area contributed by atoms with Gasteiger partial charge in [0.2, 0.25) is 5.75 Å². The van der Waals surface area contributed by atoms with Gasteiger partial charge in [0, 0.05) is 12.0 Å². The van der Waals surface area contributed by atoms with Crippen LogP contribution in [-0.2, 0) is 25.6 Å². The Morgan fingerprint density at radius 3 is 1.74 bits per heavy atom. The van der Waals surface area contributed by atoms with Crippen LogP contribution in [0.2, 0.25) is 0 Å². The molecule has 2 rings (SSSR count). The van der Waals surface area contributed by atoms with Crippen LogP contribution >= 0.6 is 0 Å². The van der Waals surface area contributed by atoms with Crippen molar-refractivity contribution in [3.05, 3.63) is 87.1 Å². The lowest BCUT2D eigenvalue weighted by atomic mass is 10.1. The van der Waals surface area contributed by atoms with E-state index in [2.05, 4.69) is 65.8 Å². The molecule has 0 saturated carbocycles. The first-order valence-corrected chi connectivity index (χ1v) is 18.8. The lowest BCUT2D eigenvalue weighted by molar-refractivity contribution is -0.147. The van der Waals surface area contributed by atoms with Gasteiger partial charge in [-0.2, -0.15) is 0 Å².